The Morgan fingerprint density at radius 2 is 2.00 bits per heavy atom. The number of anilines is 1. The van der Waals surface area contributed by atoms with Crippen molar-refractivity contribution in [2.24, 2.45) is 10.7 Å². The maximum absolute atomic E-state index is 5.80. The first-order valence-electron chi connectivity index (χ1n) is 6.07. The second-order valence-electron chi connectivity index (χ2n) is 3.88. The Labute approximate surface area is 121 Å². The Bertz CT molecular complexity index is 702. The molecule has 0 aliphatic heterocycles. The van der Waals surface area contributed by atoms with Crippen molar-refractivity contribution in [1.29, 1.82) is 0 Å². The van der Waals surface area contributed by atoms with Crippen LogP contribution in [-0.2, 0) is 0 Å². The fourth-order valence-corrected chi connectivity index (χ4v) is 1.51. The first-order valence-corrected chi connectivity index (χ1v) is 6.07. The monoisotopic (exact) mass is 282 g/mol. The van der Waals surface area contributed by atoms with Crippen LogP contribution in [0.15, 0.2) is 41.7 Å². The van der Waals surface area contributed by atoms with Gasteiger partial charge < -0.3 is 11.5 Å². The average molecular weight is 282 g/mol. The van der Waals surface area contributed by atoms with Gasteiger partial charge in [0.2, 0.25) is 11.6 Å². The van der Waals surface area contributed by atoms with Crippen molar-refractivity contribution in [3.8, 4) is 11.5 Å². The zero-order valence-corrected chi connectivity index (χ0v) is 11.4. The SMILES string of the molecule is C=C/C(N)=C(\N=CC)c1nnc(-c2ncccc2N)nn1. The smallest absolute Gasteiger partial charge is 0.224 e. The van der Waals surface area contributed by atoms with Gasteiger partial charge in [0.05, 0.1) is 11.4 Å². The lowest BCUT2D eigenvalue weighted by atomic mass is 10.3. The highest BCUT2D eigenvalue weighted by molar-refractivity contribution is 5.72. The number of nitrogen functional groups attached to an aromatic ring is 1. The first-order chi connectivity index (χ1) is 10.2. The van der Waals surface area contributed by atoms with E-state index in [1.807, 2.05) is 0 Å². The number of hydrogen-bond acceptors (Lipinski definition) is 8. The van der Waals surface area contributed by atoms with E-state index in [0.717, 1.165) is 0 Å². The number of nitrogens with zero attached hydrogens (tertiary/aromatic N) is 6. The van der Waals surface area contributed by atoms with Crippen LogP contribution in [0.2, 0.25) is 0 Å². The molecule has 0 spiro atoms. The second-order valence-corrected chi connectivity index (χ2v) is 3.88. The summed E-state index contributed by atoms with van der Waals surface area (Å²) in [6.45, 7) is 5.34. The maximum atomic E-state index is 5.80. The van der Waals surface area contributed by atoms with Gasteiger partial charge in [-0.1, -0.05) is 6.58 Å². The number of pyridine rings is 1. The van der Waals surface area contributed by atoms with Crippen LogP contribution in [-0.4, -0.2) is 31.6 Å². The van der Waals surface area contributed by atoms with Gasteiger partial charge in [-0.25, -0.2) is 0 Å². The molecular weight excluding hydrogens is 268 g/mol. The summed E-state index contributed by atoms with van der Waals surface area (Å²) < 4.78 is 0. The zero-order chi connectivity index (χ0) is 15.2. The Kier molecular flexibility index (Phi) is 4.30. The molecular formula is C13H14N8. The van der Waals surface area contributed by atoms with Gasteiger partial charge in [0.25, 0.3) is 0 Å². The van der Waals surface area contributed by atoms with Crippen molar-refractivity contribution in [3.63, 3.8) is 0 Å². The molecule has 0 fully saturated rings. The van der Waals surface area contributed by atoms with Crippen molar-refractivity contribution in [2.45, 2.75) is 6.92 Å². The van der Waals surface area contributed by atoms with E-state index in [9.17, 15) is 0 Å². The van der Waals surface area contributed by atoms with E-state index in [1.165, 1.54) is 6.08 Å². The minimum atomic E-state index is 0.198. The Morgan fingerprint density at radius 1 is 1.29 bits per heavy atom. The van der Waals surface area contributed by atoms with E-state index in [1.54, 1.807) is 31.5 Å². The highest BCUT2D eigenvalue weighted by Crippen LogP contribution is 2.18. The van der Waals surface area contributed by atoms with E-state index < -0.39 is 0 Å². The maximum Gasteiger partial charge on any atom is 0.224 e. The van der Waals surface area contributed by atoms with Crippen molar-refractivity contribution in [3.05, 3.63) is 42.5 Å². The third-order valence-corrected chi connectivity index (χ3v) is 2.49. The zero-order valence-electron chi connectivity index (χ0n) is 11.4. The predicted octanol–water partition coefficient (Wildman–Crippen LogP) is 0.815. The van der Waals surface area contributed by atoms with E-state index >= 15 is 0 Å². The van der Waals surface area contributed by atoms with E-state index in [0.29, 0.717) is 22.8 Å². The van der Waals surface area contributed by atoms with Gasteiger partial charge in [-0.3, -0.25) is 9.98 Å². The fraction of sp³-hybridized carbons (Fsp3) is 0.0769. The number of allylic oxidation sites excluding steroid dienone is 1. The topological polar surface area (TPSA) is 129 Å². The molecule has 0 unspecified atom stereocenters. The third-order valence-electron chi connectivity index (χ3n) is 2.49. The Hall–Kier alpha value is -3.16. The van der Waals surface area contributed by atoms with Crippen LogP contribution in [0.3, 0.4) is 0 Å². The molecule has 0 aromatic carbocycles. The van der Waals surface area contributed by atoms with Gasteiger partial charge in [0, 0.05) is 12.4 Å². The lowest BCUT2D eigenvalue weighted by Gasteiger charge is -2.03. The molecule has 0 radical (unpaired) electrons. The summed E-state index contributed by atoms with van der Waals surface area (Å²) in [7, 11) is 0. The molecule has 0 saturated carbocycles. The number of nitrogens with two attached hydrogens (primary N) is 2. The number of rotatable bonds is 4. The van der Waals surface area contributed by atoms with Crippen LogP contribution in [0.5, 0.6) is 0 Å². The molecule has 2 aromatic rings. The molecule has 0 aliphatic carbocycles. The summed E-state index contributed by atoms with van der Waals surface area (Å²) in [5.74, 6) is 0.428. The van der Waals surface area contributed by atoms with Crippen LogP contribution in [0.25, 0.3) is 17.2 Å². The second kappa shape index (κ2) is 6.33. The quantitative estimate of drug-likeness (QED) is 0.627. The summed E-state index contributed by atoms with van der Waals surface area (Å²) in [6.07, 6.45) is 4.61. The molecule has 2 heterocycles. The fourth-order valence-electron chi connectivity index (χ4n) is 1.51. The van der Waals surface area contributed by atoms with Crippen molar-refractivity contribution in [2.75, 3.05) is 5.73 Å². The van der Waals surface area contributed by atoms with Crippen LogP contribution in [0, 0.1) is 0 Å². The standard InChI is InChI=1S/C13H14N8/c1-3-8(14)10(16-4-2)12-18-20-13(21-19-12)11-9(15)6-5-7-17-11/h3-7H,1,14-15H2,2H3/b10-8+,16-4?. The molecule has 0 amide bonds. The van der Waals surface area contributed by atoms with Crippen LogP contribution >= 0.6 is 0 Å². The summed E-state index contributed by atoms with van der Waals surface area (Å²) in [6, 6.07) is 3.41. The number of aliphatic imine (C=N–C) groups is 1. The molecule has 0 aliphatic rings. The number of hydrogen-bond donors (Lipinski definition) is 2. The van der Waals surface area contributed by atoms with Gasteiger partial charge in [0.15, 0.2) is 0 Å². The lowest BCUT2D eigenvalue weighted by Crippen LogP contribution is -2.07. The molecule has 21 heavy (non-hydrogen) atoms. The van der Waals surface area contributed by atoms with E-state index in [-0.39, 0.29) is 11.6 Å². The average Bonchev–Trinajstić information content (AvgIpc) is 2.53. The highest BCUT2D eigenvalue weighted by atomic mass is 15.3. The Morgan fingerprint density at radius 3 is 2.57 bits per heavy atom. The largest absolute Gasteiger partial charge is 0.397 e. The third kappa shape index (κ3) is 3.06. The van der Waals surface area contributed by atoms with Crippen molar-refractivity contribution < 1.29 is 0 Å². The molecule has 2 rings (SSSR count). The molecule has 2 aromatic heterocycles. The normalized spacial score (nSPS) is 12.2. The summed E-state index contributed by atoms with van der Waals surface area (Å²) in [4.78, 5) is 8.20. The van der Waals surface area contributed by atoms with Gasteiger partial charge in [-0.15, -0.1) is 20.4 Å². The van der Waals surface area contributed by atoms with Gasteiger partial charge in [0.1, 0.15) is 11.4 Å². The summed E-state index contributed by atoms with van der Waals surface area (Å²) in [5.41, 5.74) is 13.1. The molecule has 8 heteroatoms. The predicted molar refractivity (Wildman–Crippen MR) is 80.7 cm³/mol. The van der Waals surface area contributed by atoms with Gasteiger partial charge >= 0.3 is 0 Å². The minimum Gasteiger partial charge on any atom is -0.397 e. The molecule has 0 saturated heterocycles. The van der Waals surface area contributed by atoms with E-state index in [2.05, 4.69) is 37.0 Å². The number of aromatic nitrogens is 5. The van der Waals surface area contributed by atoms with Crippen molar-refractivity contribution >= 4 is 17.6 Å². The Balaban J connectivity index is 2.44. The highest BCUT2D eigenvalue weighted by Gasteiger charge is 2.12. The minimum absolute atomic E-state index is 0.198. The van der Waals surface area contributed by atoms with Gasteiger partial charge in [-0.2, -0.15) is 0 Å². The molecule has 0 bridgehead atoms. The molecule has 0 atom stereocenters. The molecule has 4 N–H and O–H groups in total. The first kappa shape index (κ1) is 14.3. The van der Waals surface area contributed by atoms with Crippen LogP contribution in [0.1, 0.15) is 12.7 Å². The summed E-state index contributed by atoms with van der Waals surface area (Å²) >= 11 is 0. The molecule has 106 valence electrons. The van der Waals surface area contributed by atoms with Crippen LogP contribution in [0.4, 0.5) is 5.69 Å². The van der Waals surface area contributed by atoms with Crippen LogP contribution < -0.4 is 11.5 Å². The molecule has 8 nitrogen and oxygen atoms in total. The lowest BCUT2D eigenvalue weighted by molar-refractivity contribution is 0.836. The van der Waals surface area contributed by atoms with Crippen molar-refractivity contribution in [1.82, 2.24) is 25.4 Å². The van der Waals surface area contributed by atoms with E-state index in [4.69, 9.17) is 11.5 Å². The summed E-state index contributed by atoms with van der Waals surface area (Å²) in [5, 5.41) is 15.9. The van der Waals surface area contributed by atoms with Gasteiger partial charge in [-0.05, 0) is 25.1 Å².